The third-order valence-corrected chi connectivity index (χ3v) is 4.47. The Morgan fingerprint density at radius 2 is 1.74 bits per heavy atom. The highest BCUT2D eigenvalue weighted by molar-refractivity contribution is 9.10. The molecule has 1 aliphatic heterocycles. The van der Waals surface area contributed by atoms with Gasteiger partial charge >= 0.3 is 0 Å². The van der Waals surface area contributed by atoms with Gasteiger partial charge in [0.15, 0.2) is 10.9 Å². The summed E-state index contributed by atoms with van der Waals surface area (Å²) in [6.07, 6.45) is 0. The van der Waals surface area contributed by atoms with E-state index in [1.165, 1.54) is 0 Å². The highest BCUT2D eigenvalue weighted by atomic mass is 79.9. The molecule has 116 valence electrons. The number of carbonyl (C=O) groups excluding carboxylic acids is 1. The highest BCUT2D eigenvalue weighted by Crippen LogP contribution is 2.32. The van der Waals surface area contributed by atoms with Crippen molar-refractivity contribution >= 4 is 44.7 Å². The molecule has 2 N–H and O–H groups in total. The number of nitrogens with one attached hydrogen (secondary N) is 2. The summed E-state index contributed by atoms with van der Waals surface area (Å²) in [5.41, 5.74) is 3.40. The van der Waals surface area contributed by atoms with Crippen molar-refractivity contribution in [3.05, 3.63) is 75.8 Å². The van der Waals surface area contributed by atoms with Gasteiger partial charge in [-0.2, -0.15) is 0 Å². The molecule has 0 aliphatic carbocycles. The normalized spacial score (nSPS) is 17.5. The SMILES string of the molecule is CC(=O)C1=C(c2ccccc2)NC(=S)N[C@H]1c1ccc(Br)cc1. The Balaban J connectivity index is 2.16. The second kappa shape index (κ2) is 6.64. The van der Waals surface area contributed by atoms with Crippen LogP contribution in [0.4, 0.5) is 0 Å². The monoisotopic (exact) mass is 386 g/mol. The number of benzene rings is 2. The molecule has 1 aliphatic rings. The molecule has 0 saturated heterocycles. The van der Waals surface area contributed by atoms with E-state index >= 15 is 0 Å². The topological polar surface area (TPSA) is 41.1 Å². The first-order valence-electron chi connectivity index (χ1n) is 7.20. The summed E-state index contributed by atoms with van der Waals surface area (Å²) in [7, 11) is 0. The molecule has 0 saturated carbocycles. The maximum atomic E-state index is 12.3. The van der Waals surface area contributed by atoms with Crippen LogP contribution in [0, 0.1) is 0 Å². The number of thiocarbonyl (C=S) groups is 1. The maximum Gasteiger partial charge on any atom is 0.171 e. The minimum absolute atomic E-state index is 0.0132. The Labute approximate surface area is 148 Å². The zero-order valence-corrected chi connectivity index (χ0v) is 14.9. The van der Waals surface area contributed by atoms with Gasteiger partial charge in [0.2, 0.25) is 0 Å². The fraction of sp³-hybridized carbons (Fsp3) is 0.111. The van der Waals surface area contributed by atoms with Crippen LogP contribution in [0.15, 0.2) is 64.6 Å². The van der Waals surface area contributed by atoms with Gasteiger partial charge in [-0.05, 0) is 42.4 Å². The number of ketones is 1. The molecule has 2 aromatic carbocycles. The lowest BCUT2D eigenvalue weighted by molar-refractivity contribution is -0.113. The lowest BCUT2D eigenvalue weighted by atomic mass is 9.90. The Kier molecular flexibility index (Phi) is 4.59. The van der Waals surface area contributed by atoms with Crippen molar-refractivity contribution in [2.24, 2.45) is 0 Å². The largest absolute Gasteiger partial charge is 0.351 e. The van der Waals surface area contributed by atoms with Crippen LogP contribution in [0.3, 0.4) is 0 Å². The van der Waals surface area contributed by atoms with Crippen LogP contribution in [0.2, 0.25) is 0 Å². The molecule has 1 atom stereocenters. The van der Waals surface area contributed by atoms with Crippen LogP contribution in [-0.4, -0.2) is 10.9 Å². The van der Waals surface area contributed by atoms with Gasteiger partial charge in [0.05, 0.1) is 11.7 Å². The van der Waals surface area contributed by atoms with Gasteiger partial charge in [0, 0.05) is 10.0 Å². The third-order valence-electron chi connectivity index (χ3n) is 3.72. The zero-order valence-electron chi connectivity index (χ0n) is 12.5. The number of rotatable bonds is 3. The summed E-state index contributed by atoms with van der Waals surface area (Å²) in [5.74, 6) is 0.0132. The van der Waals surface area contributed by atoms with Crippen LogP contribution in [0.5, 0.6) is 0 Å². The van der Waals surface area contributed by atoms with Crippen molar-refractivity contribution in [3.63, 3.8) is 0 Å². The van der Waals surface area contributed by atoms with E-state index in [0.29, 0.717) is 10.7 Å². The minimum atomic E-state index is -0.260. The standard InChI is InChI=1S/C18H15BrN2OS/c1-11(22)15-16(12-5-3-2-4-6-12)20-18(23)21-17(15)13-7-9-14(19)10-8-13/h2-10,17H,1H3,(H2,20,21,23)/t17-/m0/s1. The van der Waals surface area contributed by atoms with E-state index in [1.54, 1.807) is 6.92 Å². The Hall–Kier alpha value is -1.98. The Morgan fingerprint density at radius 1 is 1.09 bits per heavy atom. The molecule has 5 heteroatoms. The molecule has 0 aromatic heterocycles. The molecule has 0 unspecified atom stereocenters. The van der Waals surface area contributed by atoms with Crippen LogP contribution in [-0.2, 0) is 4.79 Å². The van der Waals surface area contributed by atoms with Crippen molar-refractivity contribution in [2.75, 3.05) is 0 Å². The minimum Gasteiger partial charge on any atom is -0.351 e. The van der Waals surface area contributed by atoms with Crippen LogP contribution >= 0.6 is 28.1 Å². The van der Waals surface area contributed by atoms with Crippen molar-refractivity contribution in [1.82, 2.24) is 10.6 Å². The van der Waals surface area contributed by atoms with Crippen molar-refractivity contribution < 1.29 is 4.79 Å². The van der Waals surface area contributed by atoms with Gasteiger partial charge in [-0.1, -0.05) is 58.4 Å². The van der Waals surface area contributed by atoms with Gasteiger partial charge in [-0.25, -0.2) is 0 Å². The lowest BCUT2D eigenvalue weighted by Crippen LogP contribution is -2.44. The Morgan fingerprint density at radius 3 is 2.35 bits per heavy atom. The summed E-state index contributed by atoms with van der Waals surface area (Å²) in [6.45, 7) is 1.59. The van der Waals surface area contributed by atoms with Crippen molar-refractivity contribution in [1.29, 1.82) is 0 Å². The summed E-state index contributed by atoms with van der Waals surface area (Å²) >= 11 is 8.78. The van der Waals surface area contributed by atoms with Gasteiger partial charge < -0.3 is 10.6 Å². The van der Waals surface area contributed by atoms with Crippen LogP contribution in [0.1, 0.15) is 24.1 Å². The van der Waals surface area contributed by atoms with Gasteiger partial charge in [0.25, 0.3) is 0 Å². The smallest absolute Gasteiger partial charge is 0.171 e. The summed E-state index contributed by atoms with van der Waals surface area (Å²) in [4.78, 5) is 12.3. The quantitative estimate of drug-likeness (QED) is 0.783. The molecule has 23 heavy (non-hydrogen) atoms. The van der Waals surface area contributed by atoms with Gasteiger partial charge in [0.1, 0.15) is 0 Å². The molecule has 0 fully saturated rings. The molecule has 2 aromatic rings. The second-order valence-electron chi connectivity index (χ2n) is 5.29. The molecule has 3 rings (SSSR count). The van der Waals surface area contributed by atoms with Crippen LogP contribution in [0.25, 0.3) is 5.70 Å². The highest BCUT2D eigenvalue weighted by Gasteiger charge is 2.29. The van der Waals surface area contributed by atoms with E-state index in [0.717, 1.165) is 21.3 Å². The van der Waals surface area contributed by atoms with E-state index in [2.05, 4.69) is 26.6 Å². The molecule has 1 heterocycles. The Bertz CT molecular complexity index is 784. The van der Waals surface area contributed by atoms with E-state index in [4.69, 9.17) is 12.2 Å². The zero-order chi connectivity index (χ0) is 16.4. The third kappa shape index (κ3) is 3.35. The first-order valence-corrected chi connectivity index (χ1v) is 8.40. The van der Waals surface area contributed by atoms with Crippen molar-refractivity contribution in [3.8, 4) is 0 Å². The number of hydrogen-bond acceptors (Lipinski definition) is 2. The molecule has 0 bridgehead atoms. The first kappa shape index (κ1) is 15.9. The fourth-order valence-electron chi connectivity index (χ4n) is 2.68. The van der Waals surface area contributed by atoms with E-state index < -0.39 is 0 Å². The molecule has 0 radical (unpaired) electrons. The molecule has 0 spiro atoms. The van der Waals surface area contributed by atoms with Crippen molar-refractivity contribution in [2.45, 2.75) is 13.0 Å². The predicted molar refractivity (Wildman–Crippen MR) is 99.8 cm³/mol. The summed E-state index contributed by atoms with van der Waals surface area (Å²) < 4.78 is 0.995. The second-order valence-corrected chi connectivity index (χ2v) is 6.62. The number of Topliss-reactive ketones (excluding diaryl/α,β-unsaturated/α-hetero) is 1. The van der Waals surface area contributed by atoms with E-state index in [-0.39, 0.29) is 11.8 Å². The molecule has 3 nitrogen and oxygen atoms in total. The predicted octanol–water partition coefficient (Wildman–Crippen LogP) is 3.97. The molecular formula is C18H15BrN2OS. The summed E-state index contributed by atoms with van der Waals surface area (Å²) in [5, 5.41) is 6.87. The van der Waals surface area contributed by atoms with Gasteiger partial charge in [-0.15, -0.1) is 0 Å². The number of hydrogen-bond donors (Lipinski definition) is 2. The average molecular weight is 387 g/mol. The lowest BCUT2D eigenvalue weighted by Gasteiger charge is -2.31. The van der Waals surface area contributed by atoms with E-state index in [1.807, 2.05) is 54.6 Å². The summed E-state index contributed by atoms with van der Waals surface area (Å²) in [6, 6.07) is 17.4. The number of halogens is 1. The maximum absolute atomic E-state index is 12.3. The first-order chi connectivity index (χ1) is 11.1. The average Bonchev–Trinajstić information content (AvgIpc) is 2.55. The number of carbonyl (C=O) groups is 1. The van der Waals surface area contributed by atoms with Crippen LogP contribution < -0.4 is 10.6 Å². The molecule has 0 amide bonds. The van der Waals surface area contributed by atoms with E-state index in [9.17, 15) is 4.79 Å². The fourth-order valence-corrected chi connectivity index (χ4v) is 3.17. The van der Waals surface area contributed by atoms with Gasteiger partial charge in [-0.3, -0.25) is 4.79 Å². The molecular weight excluding hydrogens is 372 g/mol.